The second kappa shape index (κ2) is 6.51. The molecule has 2 heteroatoms. The van der Waals surface area contributed by atoms with E-state index in [0.717, 1.165) is 13.0 Å². The zero-order valence-corrected chi connectivity index (χ0v) is 11.3. The van der Waals surface area contributed by atoms with Crippen LogP contribution < -0.4 is 0 Å². The van der Waals surface area contributed by atoms with E-state index < -0.39 is 0 Å². The molecule has 1 unspecified atom stereocenters. The molecule has 0 heterocycles. The molecule has 0 saturated heterocycles. The molecule has 1 amide bonds. The first-order chi connectivity index (χ1) is 7.30. The monoisotopic (exact) mass is 223 g/mol. The molecule has 0 aromatic heterocycles. The highest BCUT2D eigenvalue weighted by Crippen LogP contribution is 2.17. The van der Waals surface area contributed by atoms with Crippen LogP contribution >= 0.6 is 0 Å². The van der Waals surface area contributed by atoms with Crippen LogP contribution in [0.25, 0.3) is 0 Å². The fourth-order valence-electron chi connectivity index (χ4n) is 1.35. The number of likely N-dealkylation sites (N-methyl/N-ethyl adjacent to an activating group) is 1. The average molecular weight is 223 g/mol. The summed E-state index contributed by atoms with van der Waals surface area (Å²) in [5, 5.41) is 0. The summed E-state index contributed by atoms with van der Waals surface area (Å²) < 4.78 is 0. The summed E-state index contributed by atoms with van der Waals surface area (Å²) >= 11 is 0. The highest BCUT2D eigenvalue weighted by Gasteiger charge is 2.11. The summed E-state index contributed by atoms with van der Waals surface area (Å²) in [6.45, 7) is 12.9. The van der Waals surface area contributed by atoms with E-state index in [2.05, 4.69) is 46.4 Å². The van der Waals surface area contributed by atoms with E-state index in [1.54, 1.807) is 4.90 Å². The van der Waals surface area contributed by atoms with Crippen LogP contribution in [0.4, 0.5) is 0 Å². The quantitative estimate of drug-likeness (QED) is 0.517. The highest BCUT2D eigenvalue weighted by molar-refractivity contribution is 5.86. The first kappa shape index (κ1) is 14.9. The van der Waals surface area contributed by atoms with Crippen LogP contribution in [-0.2, 0) is 4.79 Å². The molecule has 0 aromatic carbocycles. The molecule has 0 aliphatic carbocycles. The molecule has 92 valence electrons. The minimum Gasteiger partial charge on any atom is -0.342 e. The number of amides is 1. The van der Waals surface area contributed by atoms with Gasteiger partial charge in [0, 0.05) is 13.6 Å². The largest absolute Gasteiger partial charge is 0.342 e. The number of hydrogen-bond acceptors (Lipinski definition) is 1. The third kappa shape index (κ3) is 6.44. The van der Waals surface area contributed by atoms with Crippen LogP contribution in [0.1, 0.15) is 34.1 Å². The Labute approximate surface area is 100 Å². The van der Waals surface area contributed by atoms with Crippen molar-refractivity contribution in [3.8, 4) is 0 Å². The standard InChI is InChI=1S/C14H25NO/c1-7-12(9-10-14(3,4)5)11-15(6)13(16)8-2/h8-10,12H,2,7,11H2,1,3-6H3/b10-9+. The van der Waals surface area contributed by atoms with E-state index in [1.165, 1.54) is 6.08 Å². The van der Waals surface area contributed by atoms with Gasteiger partial charge in [0.15, 0.2) is 0 Å². The minimum absolute atomic E-state index is 0.0115. The number of rotatable bonds is 5. The molecule has 0 bridgehead atoms. The van der Waals surface area contributed by atoms with Crippen LogP contribution in [0, 0.1) is 11.3 Å². The molecule has 16 heavy (non-hydrogen) atoms. The van der Waals surface area contributed by atoms with Crippen molar-refractivity contribution in [1.29, 1.82) is 0 Å². The maximum Gasteiger partial charge on any atom is 0.245 e. The molecule has 0 aliphatic heterocycles. The van der Waals surface area contributed by atoms with Crippen LogP contribution in [-0.4, -0.2) is 24.4 Å². The Kier molecular flexibility index (Phi) is 6.09. The number of carbonyl (C=O) groups excluding carboxylic acids is 1. The SMILES string of the molecule is C=CC(=O)N(C)CC(/C=C/C(C)(C)C)CC. The third-order valence-corrected chi connectivity index (χ3v) is 2.45. The fraction of sp³-hybridized carbons (Fsp3) is 0.643. The predicted octanol–water partition coefficient (Wildman–Crippen LogP) is 3.26. The Hall–Kier alpha value is -1.05. The van der Waals surface area contributed by atoms with E-state index >= 15 is 0 Å². The van der Waals surface area contributed by atoms with Gasteiger partial charge in [-0.15, -0.1) is 0 Å². The van der Waals surface area contributed by atoms with Gasteiger partial charge >= 0.3 is 0 Å². The topological polar surface area (TPSA) is 20.3 Å². The molecule has 0 N–H and O–H groups in total. The summed E-state index contributed by atoms with van der Waals surface area (Å²) in [5.41, 5.74) is 0.203. The Morgan fingerprint density at radius 2 is 2.00 bits per heavy atom. The first-order valence-corrected chi connectivity index (χ1v) is 5.87. The summed E-state index contributed by atoms with van der Waals surface area (Å²) in [7, 11) is 1.82. The maximum atomic E-state index is 11.3. The highest BCUT2D eigenvalue weighted by atomic mass is 16.2. The smallest absolute Gasteiger partial charge is 0.245 e. The molecule has 0 radical (unpaired) electrons. The van der Waals surface area contributed by atoms with E-state index in [0.29, 0.717) is 5.92 Å². The van der Waals surface area contributed by atoms with Crippen LogP contribution in [0.5, 0.6) is 0 Å². The van der Waals surface area contributed by atoms with Crippen LogP contribution in [0.3, 0.4) is 0 Å². The zero-order chi connectivity index (χ0) is 12.8. The Morgan fingerprint density at radius 1 is 1.44 bits per heavy atom. The number of allylic oxidation sites excluding steroid dienone is 1. The lowest BCUT2D eigenvalue weighted by Gasteiger charge is -2.21. The normalized spacial score (nSPS) is 13.8. The van der Waals surface area contributed by atoms with E-state index in [4.69, 9.17) is 0 Å². The summed E-state index contributed by atoms with van der Waals surface area (Å²) in [6, 6.07) is 0. The van der Waals surface area contributed by atoms with Crippen molar-refractivity contribution in [1.82, 2.24) is 4.90 Å². The summed E-state index contributed by atoms with van der Waals surface area (Å²) in [5.74, 6) is 0.413. The lowest BCUT2D eigenvalue weighted by atomic mass is 9.93. The third-order valence-electron chi connectivity index (χ3n) is 2.45. The van der Waals surface area contributed by atoms with Crippen molar-refractivity contribution in [2.45, 2.75) is 34.1 Å². The molecular formula is C14H25NO. The van der Waals surface area contributed by atoms with Crippen molar-refractivity contribution in [2.24, 2.45) is 11.3 Å². The van der Waals surface area contributed by atoms with Gasteiger partial charge in [-0.25, -0.2) is 0 Å². The first-order valence-electron chi connectivity index (χ1n) is 5.87. The number of hydrogen-bond donors (Lipinski definition) is 0. The Bertz CT molecular complexity index is 260. The zero-order valence-electron chi connectivity index (χ0n) is 11.3. The Morgan fingerprint density at radius 3 is 2.38 bits per heavy atom. The van der Waals surface area contributed by atoms with Gasteiger partial charge in [0.1, 0.15) is 0 Å². The van der Waals surface area contributed by atoms with Gasteiger partial charge in [-0.1, -0.05) is 46.4 Å². The lowest BCUT2D eigenvalue weighted by Crippen LogP contribution is -2.29. The lowest BCUT2D eigenvalue weighted by molar-refractivity contribution is -0.125. The minimum atomic E-state index is -0.0115. The molecule has 0 spiro atoms. The molecule has 0 saturated carbocycles. The molecule has 0 fully saturated rings. The van der Waals surface area contributed by atoms with Gasteiger partial charge in [0.2, 0.25) is 5.91 Å². The van der Waals surface area contributed by atoms with Crippen LogP contribution in [0.15, 0.2) is 24.8 Å². The van der Waals surface area contributed by atoms with Crippen molar-refractivity contribution in [3.63, 3.8) is 0 Å². The molecule has 2 nitrogen and oxygen atoms in total. The van der Waals surface area contributed by atoms with Gasteiger partial charge in [0.25, 0.3) is 0 Å². The van der Waals surface area contributed by atoms with Gasteiger partial charge in [-0.05, 0) is 23.8 Å². The van der Waals surface area contributed by atoms with Crippen molar-refractivity contribution in [2.75, 3.05) is 13.6 Å². The second-order valence-electron chi connectivity index (χ2n) is 5.32. The van der Waals surface area contributed by atoms with Crippen LogP contribution in [0.2, 0.25) is 0 Å². The molecule has 0 rings (SSSR count). The number of nitrogens with zero attached hydrogens (tertiary/aromatic N) is 1. The van der Waals surface area contributed by atoms with Crippen molar-refractivity contribution in [3.05, 3.63) is 24.8 Å². The van der Waals surface area contributed by atoms with Crippen molar-refractivity contribution >= 4 is 5.91 Å². The van der Waals surface area contributed by atoms with E-state index in [-0.39, 0.29) is 11.3 Å². The van der Waals surface area contributed by atoms with E-state index in [9.17, 15) is 4.79 Å². The van der Waals surface area contributed by atoms with E-state index in [1.807, 2.05) is 7.05 Å². The molecule has 1 atom stereocenters. The van der Waals surface area contributed by atoms with Gasteiger partial charge in [-0.3, -0.25) is 4.79 Å². The molecule has 0 aromatic rings. The summed E-state index contributed by atoms with van der Waals surface area (Å²) in [6.07, 6.45) is 6.84. The average Bonchev–Trinajstić information content (AvgIpc) is 2.21. The van der Waals surface area contributed by atoms with Crippen molar-refractivity contribution < 1.29 is 4.79 Å². The number of carbonyl (C=O) groups is 1. The predicted molar refractivity (Wildman–Crippen MR) is 70.2 cm³/mol. The van der Waals surface area contributed by atoms with Gasteiger partial charge < -0.3 is 4.90 Å². The maximum absolute atomic E-state index is 11.3. The molecular weight excluding hydrogens is 198 g/mol. The Balaban J connectivity index is 4.36. The molecule has 0 aliphatic rings. The second-order valence-corrected chi connectivity index (χ2v) is 5.32. The fourth-order valence-corrected chi connectivity index (χ4v) is 1.35. The van der Waals surface area contributed by atoms with Gasteiger partial charge in [0.05, 0.1) is 0 Å². The van der Waals surface area contributed by atoms with Gasteiger partial charge in [-0.2, -0.15) is 0 Å². The summed E-state index contributed by atoms with van der Waals surface area (Å²) in [4.78, 5) is 13.1.